The summed E-state index contributed by atoms with van der Waals surface area (Å²) in [7, 11) is 0. The van der Waals surface area contributed by atoms with Gasteiger partial charge in [-0.15, -0.1) is 5.92 Å². The van der Waals surface area contributed by atoms with E-state index in [0.717, 1.165) is 17.3 Å². The minimum absolute atomic E-state index is 0.0508. The number of aromatic nitrogens is 1. The third-order valence-electron chi connectivity index (χ3n) is 2.52. The second-order valence-electron chi connectivity index (χ2n) is 3.64. The van der Waals surface area contributed by atoms with E-state index in [0.29, 0.717) is 11.6 Å². The molecule has 0 amide bonds. The summed E-state index contributed by atoms with van der Waals surface area (Å²) in [5.41, 5.74) is 0.778. The standard InChI is InChI=1S/C14H12ClNO/c1-2-3-4-10-16-13-7-5-6-12(15)11(13)8-9-14(16)17/h5-9H,2,10H2,1H3. The van der Waals surface area contributed by atoms with Gasteiger partial charge in [0.15, 0.2) is 0 Å². The Morgan fingerprint density at radius 3 is 2.82 bits per heavy atom. The highest BCUT2D eigenvalue weighted by Crippen LogP contribution is 2.21. The highest BCUT2D eigenvalue weighted by Gasteiger charge is 2.03. The van der Waals surface area contributed by atoms with Crippen LogP contribution in [0.3, 0.4) is 0 Å². The first-order chi connectivity index (χ1) is 8.24. The van der Waals surface area contributed by atoms with Crippen molar-refractivity contribution in [3.8, 4) is 11.8 Å². The van der Waals surface area contributed by atoms with Crippen LogP contribution in [0, 0.1) is 11.8 Å². The molecular weight excluding hydrogens is 234 g/mol. The van der Waals surface area contributed by atoms with Gasteiger partial charge in [0.05, 0.1) is 12.1 Å². The molecule has 86 valence electrons. The predicted octanol–water partition coefficient (Wildman–Crippen LogP) is 3.07. The minimum Gasteiger partial charge on any atom is -0.297 e. The van der Waals surface area contributed by atoms with Crippen molar-refractivity contribution < 1.29 is 0 Å². The molecule has 0 spiro atoms. The van der Waals surface area contributed by atoms with E-state index in [9.17, 15) is 4.79 Å². The van der Waals surface area contributed by atoms with E-state index in [4.69, 9.17) is 11.6 Å². The summed E-state index contributed by atoms with van der Waals surface area (Å²) in [6, 6.07) is 8.83. The van der Waals surface area contributed by atoms with Gasteiger partial charge in [-0.1, -0.05) is 30.5 Å². The topological polar surface area (TPSA) is 22.0 Å². The summed E-state index contributed by atoms with van der Waals surface area (Å²) in [5, 5.41) is 1.53. The maximum atomic E-state index is 11.8. The van der Waals surface area contributed by atoms with E-state index in [1.165, 1.54) is 6.07 Å². The third kappa shape index (κ3) is 2.35. The molecule has 1 aromatic heterocycles. The molecular formula is C14H12ClNO. The number of nitrogens with zero attached hydrogens (tertiary/aromatic N) is 1. The first-order valence-corrected chi connectivity index (χ1v) is 5.85. The monoisotopic (exact) mass is 245 g/mol. The van der Waals surface area contributed by atoms with Crippen LogP contribution in [0.5, 0.6) is 0 Å². The van der Waals surface area contributed by atoms with Gasteiger partial charge in [0.1, 0.15) is 0 Å². The lowest BCUT2D eigenvalue weighted by Crippen LogP contribution is -2.18. The number of halogens is 1. The smallest absolute Gasteiger partial charge is 0.251 e. The van der Waals surface area contributed by atoms with Crippen LogP contribution in [-0.2, 0) is 6.54 Å². The Kier molecular flexibility index (Phi) is 3.51. The average molecular weight is 246 g/mol. The lowest BCUT2D eigenvalue weighted by Gasteiger charge is -2.07. The van der Waals surface area contributed by atoms with E-state index in [1.54, 1.807) is 10.6 Å². The molecule has 17 heavy (non-hydrogen) atoms. The predicted molar refractivity (Wildman–Crippen MR) is 71.3 cm³/mol. The molecule has 0 radical (unpaired) electrons. The van der Waals surface area contributed by atoms with E-state index in [-0.39, 0.29) is 5.56 Å². The summed E-state index contributed by atoms with van der Waals surface area (Å²) in [4.78, 5) is 11.8. The summed E-state index contributed by atoms with van der Waals surface area (Å²) >= 11 is 6.09. The van der Waals surface area contributed by atoms with Gasteiger partial charge < -0.3 is 0 Å². The van der Waals surface area contributed by atoms with Crippen LogP contribution in [0.25, 0.3) is 10.9 Å². The van der Waals surface area contributed by atoms with Crippen LogP contribution in [0.2, 0.25) is 5.02 Å². The van der Waals surface area contributed by atoms with Crippen LogP contribution in [-0.4, -0.2) is 4.57 Å². The minimum atomic E-state index is -0.0508. The summed E-state index contributed by atoms with van der Waals surface area (Å²) in [5.74, 6) is 5.93. The zero-order chi connectivity index (χ0) is 12.3. The van der Waals surface area contributed by atoms with Crippen molar-refractivity contribution >= 4 is 22.5 Å². The van der Waals surface area contributed by atoms with Gasteiger partial charge in [-0.2, -0.15) is 0 Å². The lowest BCUT2D eigenvalue weighted by molar-refractivity contribution is 0.835. The van der Waals surface area contributed by atoms with E-state index >= 15 is 0 Å². The van der Waals surface area contributed by atoms with Crippen LogP contribution in [0.1, 0.15) is 13.3 Å². The molecule has 0 aliphatic heterocycles. The van der Waals surface area contributed by atoms with Crippen LogP contribution in [0.4, 0.5) is 0 Å². The van der Waals surface area contributed by atoms with Crippen molar-refractivity contribution in [2.45, 2.75) is 19.9 Å². The Morgan fingerprint density at radius 2 is 2.06 bits per heavy atom. The largest absolute Gasteiger partial charge is 0.297 e. The third-order valence-corrected chi connectivity index (χ3v) is 2.85. The van der Waals surface area contributed by atoms with Crippen molar-refractivity contribution in [2.24, 2.45) is 0 Å². The Balaban J connectivity index is 2.64. The van der Waals surface area contributed by atoms with E-state index < -0.39 is 0 Å². The van der Waals surface area contributed by atoms with Gasteiger partial charge in [0.25, 0.3) is 5.56 Å². The second kappa shape index (κ2) is 5.07. The normalized spacial score (nSPS) is 10.0. The number of fused-ring (bicyclic) bond motifs is 1. The Hall–Kier alpha value is -1.72. The molecule has 0 aliphatic carbocycles. The molecule has 2 rings (SSSR count). The maximum absolute atomic E-state index is 11.8. The quantitative estimate of drug-likeness (QED) is 0.708. The Labute approximate surface area is 105 Å². The molecule has 1 aromatic carbocycles. The highest BCUT2D eigenvalue weighted by molar-refractivity contribution is 6.35. The number of pyridine rings is 1. The van der Waals surface area contributed by atoms with Gasteiger partial charge in [-0.05, 0) is 18.2 Å². The van der Waals surface area contributed by atoms with Crippen molar-refractivity contribution in [1.29, 1.82) is 0 Å². The van der Waals surface area contributed by atoms with Gasteiger partial charge in [-0.3, -0.25) is 9.36 Å². The first kappa shape index (κ1) is 11.8. The van der Waals surface area contributed by atoms with Crippen molar-refractivity contribution in [1.82, 2.24) is 4.57 Å². The molecule has 1 heterocycles. The molecule has 0 bridgehead atoms. The Bertz CT molecular complexity index is 661. The van der Waals surface area contributed by atoms with Crippen molar-refractivity contribution in [3.05, 3.63) is 45.7 Å². The molecule has 2 aromatic rings. The number of hydrogen-bond acceptors (Lipinski definition) is 1. The number of hydrogen-bond donors (Lipinski definition) is 0. The SMILES string of the molecule is CCC#CCn1c(=O)ccc2c(Cl)cccc21. The summed E-state index contributed by atoms with van der Waals surface area (Å²) < 4.78 is 1.64. The lowest BCUT2D eigenvalue weighted by atomic mass is 10.2. The molecule has 2 nitrogen and oxygen atoms in total. The van der Waals surface area contributed by atoms with Crippen LogP contribution < -0.4 is 5.56 Å². The molecule has 0 fully saturated rings. The van der Waals surface area contributed by atoms with E-state index in [1.807, 2.05) is 25.1 Å². The fraction of sp³-hybridized carbons (Fsp3) is 0.214. The van der Waals surface area contributed by atoms with Gasteiger partial charge in [-0.25, -0.2) is 0 Å². The van der Waals surface area contributed by atoms with Gasteiger partial charge in [0.2, 0.25) is 0 Å². The Morgan fingerprint density at radius 1 is 1.24 bits per heavy atom. The van der Waals surface area contributed by atoms with E-state index in [2.05, 4.69) is 11.8 Å². The van der Waals surface area contributed by atoms with Crippen molar-refractivity contribution in [2.75, 3.05) is 0 Å². The molecule has 0 saturated carbocycles. The molecule has 0 unspecified atom stereocenters. The molecule has 0 saturated heterocycles. The zero-order valence-corrected chi connectivity index (χ0v) is 10.3. The van der Waals surface area contributed by atoms with Crippen LogP contribution in [0.15, 0.2) is 35.1 Å². The zero-order valence-electron chi connectivity index (χ0n) is 9.53. The fourth-order valence-corrected chi connectivity index (χ4v) is 1.94. The average Bonchev–Trinajstić information content (AvgIpc) is 2.32. The number of benzene rings is 1. The molecule has 3 heteroatoms. The molecule has 0 atom stereocenters. The van der Waals surface area contributed by atoms with Crippen molar-refractivity contribution in [3.63, 3.8) is 0 Å². The van der Waals surface area contributed by atoms with Crippen LogP contribution >= 0.6 is 11.6 Å². The fourth-order valence-electron chi connectivity index (χ4n) is 1.71. The molecule has 0 N–H and O–H groups in total. The highest BCUT2D eigenvalue weighted by atomic mass is 35.5. The number of rotatable bonds is 1. The summed E-state index contributed by atoms with van der Waals surface area (Å²) in [6.45, 7) is 2.39. The van der Waals surface area contributed by atoms with Gasteiger partial charge >= 0.3 is 0 Å². The summed E-state index contributed by atoms with van der Waals surface area (Å²) in [6.07, 6.45) is 0.792. The molecule has 0 aliphatic rings. The second-order valence-corrected chi connectivity index (χ2v) is 4.04. The maximum Gasteiger partial charge on any atom is 0.251 e. The first-order valence-electron chi connectivity index (χ1n) is 5.48. The van der Waals surface area contributed by atoms with Gasteiger partial charge in [0, 0.05) is 22.9 Å².